The van der Waals surface area contributed by atoms with Crippen LogP contribution in [0.5, 0.6) is 0 Å². The Morgan fingerprint density at radius 1 is 0.264 bits per heavy atom. The molecular formula is C50H36N2S. The number of rotatable bonds is 9. The van der Waals surface area contributed by atoms with Gasteiger partial charge in [-0.2, -0.15) is 0 Å². The fourth-order valence-electron chi connectivity index (χ4n) is 7.04. The molecule has 0 saturated carbocycles. The first-order valence-electron chi connectivity index (χ1n) is 17.9. The summed E-state index contributed by atoms with van der Waals surface area (Å²) in [5, 5.41) is 3.42. The van der Waals surface area contributed by atoms with Crippen LogP contribution in [-0.2, 0) is 0 Å². The first-order chi connectivity index (χ1) is 26.3. The van der Waals surface area contributed by atoms with Crippen molar-refractivity contribution in [3.05, 3.63) is 218 Å². The van der Waals surface area contributed by atoms with Gasteiger partial charge in [0.1, 0.15) is 0 Å². The van der Waals surface area contributed by atoms with Crippen molar-refractivity contribution >= 4 is 55.5 Å². The van der Waals surface area contributed by atoms with Crippen molar-refractivity contribution in [3.8, 4) is 33.4 Å². The van der Waals surface area contributed by atoms with Gasteiger partial charge >= 0.3 is 0 Å². The highest BCUT2D eigenvalue weighted by atomic mass is 32.1. The zero-order valence-electron chi connectivity index (χ0n) is 29.1. The summed E-state index contributed by atoms with van der Waals surface area (Å²) in [5.41, 5.74) is 13.9. The number of benzene rings is 8. The van der Waals surface area contributed by atoms with E-state index in [0.717, 1.165) is 34.1 Å². The second-order valence-corrected chi connectivity index (χ2v) is 14.0. The van der Waals surface area contributed by atoms with E-state index in [1.807, 2.05) is 0 Å². The first-order valence-corrected chi connectivity index (χ1v) is 18.8. The molecule has 9 rings (SSSR count). The largest absolute Gasteiger partial charge is 0.311 e. The minimum Gasteiger partial charge on any atom is -0.311 e. The van der Waals surface area contributed by atoms with E-state index in [1.165, 1.54) is 43.5 Å². The lowest BCUT2D eigenvalue weighted by molar-refractivity contribution is 1.28. The van der Waals surface area contributed by atoms with Gasteiger partial charge in [0, 0.05) is 38.8 Å². The highest BCUT2D eigenvalue weighted by molar-refractivity contribution is 7.17. The normalized spacial score (nSPS) is 11.0. The summed E-state index contributed by atoms with van der Waals surface area (Å²) in [6, 6.07) is 76.1. The Kier molecular flexibility index (Phi) is 8.83. The Morgan fingerprint density at radius 2 is 0.585 bits per heavy atom. The highest BCUT2D eigenvalue weighted by Crippen LogP contribution is 2.40. The van der Waals surface area contributed by atoms with Crippen LogP contribution in [0.15, 0.2) is 218 Å². The van der Waals surface area contributed by atoms with Crippen LogP contribution in [0, 0.1) is 0 Å². The number of fused-ring (bicyclic) bond motifs is 1. The molecule has 1 aromatic heterocycles. The van der Waals surface area contributed by atoms with E-state index in [-0.39, 0.29) is 0 Å². The van der Waals surface area contributed by atoms with Gasteiger partial charge in [0.25, 0.3) is 0 Å². The van der Waals surface area contributed by atoms with Crippen LogP contribution in [0.2, 0.25) is 0 Å². The molecule has 0 saturated heterocycles. The molecule has 9 aromatic rings. The standard InChI is InChI=1S/C50H36N2S/c1-4-10-37(11-5-1)39-16-24-45(25-17-39)51(46-26-18-40(19-27-46)38-12-6-2-7-13-38)47-28-20-41(21-29-47)42-22-30-48(31-23-42)52(44-14-8-3-9-15-44)49-32-33-50-43(36-49)34-35-53-50/h1-36H. The number of hydrogen-bond acceptors (Lipinski definition) is 3. The van der Waals surface area contributed by atoms with Gasteiger partial charge in [-0.25, -0.2) is 0 Å². The second kappa shape index (κ2) is 14.5. The third kappa shape index (κ3) is 6.74. The lowest BCUT2D eigenvalue weighted by Crippen LogP contribution is -2.10. The Labute approximate surface area is 315 Å². The molecule has 0 fully saturated rings. The van der Waals surface area contributed by atoms with Gasteiger partial charge in [0.05, 0.1) is 0 Å². The molecular weight excluding hydrogens is 661 g/mol. The summed E-state index contributed by atoms with van der Waals surface area (Å²) >= 11 is 1.78. The first kappa shape index (κ1) is 32.2. The van der Waals surface area contributed by atoms with Gasteiger partial charge in [-0.3, -0.25) is 0 Å². The van der Waals surface area contributed by atoms with Crippen molar-refractivity contribution in [2.75, 3.05) is 9.80 Å². The van der Waals surface area contributed by atoms with E-state index < -0.39 is 0 Å². The minimum absolute atomic E-state index is 1.10. The van der Waals surface area contributed by atoms with Gasteiger partial charge in [-0.05, 0) is 129 Å². The number of anilines is 6. The average molecular weight is 697 g/mol. The highest BCUT2D eigenvalue weighted by Gasteiger charge is 2.16. The second-order valence-electron chi connectivity index (χ2n) is 13.1. The van der Waals surface area contributed by atoms with Crippen molar-refractivity contribution in [1.29, 1.82) is 0 Å². The summed E-state index contributed by atoms with van der Waals surface area (Å²) in [5.74, 6) is 0. The van der Waals surface area contributed by atoms with E-state index in [4.69, 9.17) is 0 Å². The van der Waals surface area contributed by atoms with Crippen molar-refractivity contribution in [2.24, 2.45) is 0 Å². The van der Waals surface area contributed by atoms with Crippen molar-refractivity contribution < 1.29 is 0 Å². The Morgan fingerprint density at radius 3 is 1.00 bits per heavy atom. The number of thiophene rings is 1. The molecule has 0 aliphatic carbocycles. The van der Waals surface area contributed by atoms with Crippen LogP contribution >= 0.6 is 11.3 Å². The van der Waals surface area contributed by atoms with E-state index >= 15 is 0 Å². The number of hydrogen-bond donors (Lipinski definition) is 0. The summed E-state index contributed by atoms with van der Waals surface area (Å²) in [4.78, 5) is 4.66. The molecule has 0 spiro atoms. The summed E-state index contributed by atoms with van der Waals surface area (Å²) in [6.07, 6.45) is 0. The monoisotopic (exact) mass is 696 g/mol. The van der Waals surface area contributed by atoms with Crippen molar-refractivity contribution in [1.82, 2.24) is 0 Å². The van der Waals surface area contributed by atoms with E-state index in [0.29, 0.717) is 0 Å². The van der Waals surface area contributed by atoms with Crippen molar-refractivity contribution in [3.63, 3.8) is 0 Å². The molecule has 0 radical (unpaired) electrons. The molecule has 3 heteroatoms. The van der Waals surface area contributed by atoms with Crippen LogP contribution in [0.25, 0.3) is 43.5 Å². The molecule has 252 valence electrons. The number of para-hydroxylation sites is 1. The minimum atomic E-state index is 1.10. The number of nitrogens with zero attached hydrogens (tertiary/aromatic N) is 2. The summed E-state index contributed by atoms with van der Waals surface area (Å²) in [7, 11) is 0. The van der Waals surface area contributed by atoms with Gasteiger partial charge in [0.15, 0.2) is 0 Å². The Bertz CT molecular complexity index is 2480. The SMILES string of the molecule is c1ccc(-c2ccc(N(c3ccc(-c4ccccc4)cc3)c3ccc(-c4ccc(N(c5ccccc5)c5ccc6sccc6c5)cc4)cc3)cc2)cc1. The molecule has 1 heterocycles. The van der Waals surface area contributed by atoms with Crippen LogP contribution in [-0.4, -0.2) is 0 Å². The van der Waals surface area contributed by atoms with Crippen molar-refractivity contribution in [2.45, 2.75) is 0 Å². The molecule has 0 aliphatic heterocycles. The van der Waals surface area contributed by atoms with E-state index in [2.05, 4.69) is 228 Å². The van der Waals surface area contributed by atoms with E-state index in [1.54, 1.807) is 11.3 Å². The molecule has 0 atom stereocenters. The van der Waals surface area contributed by atoms with Crippen LogP contribution in [0.3, 0.4) is 0 Å². The van der Waals surface area contributed by atoms with Gasteiger partial charge in [0.2, 0.25) is 0 Å². The molecule has 0 N–H and O–H groups in total. The lowest BCUT2D eigenvalue weighted by Gasteiger charge is -2.26. The van der Waals surface area contributed by atoms with Gasteiger partial charge in [-0.15, -0.1) is 11.3 Å². The predicted molar refractivity (Wildman–Crippen MR) is 227 cm³/mol. The Balaban J connectivity index is 1.03. The fourth-order valence-corrected chi connectivity index (χ4v) is 7.81. The molecule has 0 bridgehead atoms. The third-order valence-electron chi connectivity index (χ3n) is 9.76. The van der Waals surface area contributed by atoms with Gasteiger partial charge < -0.3 is 9.80 Å². The van der Waals surface area contributed by atoms with Crippen LogP contribution in [0.1, 0.15) is 0 Å². The maximum atomic E-state index is 2.33. The molecule has 8 aromatic carbocycles. The average Bonchev–Trinajstić information content (AvgIpc) is 3.72. The molecule has 0 amide bonds. The zero-order valence-corrected chi connectivity index (χ0v) is 29.9. The van der Waals surface area contributed by atoms with E-state index in [9.17, 15) is 0 Å². The third-order valence-corrected chi connectivity index (χ3v) is 10.7. The topological polar surface area (TPSA) is 6.48 Å². The lowest BCUT2D eigenvalue weighted by atomic mass is 10.0. The van der Waals surface area contributed by atoms with Gasteiger partial charge in [-0.1, -0.05) is 127 Å². The molecule has 53 heavy (non-hydrogen) atoms. The van der Waals surface area contributed by atoms with Crippen LogP contribution in [0.4, 0.5) is 34.1 Å². The maximum Gasteiger partial charge on any atom is 0.0468 e. The Hall–Kier alpha value is -6.68. The van der Waals surface area contributed by atoms with Crippen LogP contribution < -0.4 is 9.80 Å². The maximum absolute atomic E-state index is 2.33. The molecule has 0 unspecified atom stereocenters. The predicted octanol–water partition coefficient (Wildman–Crippen LogP) is 14.8. The summed E-state index contributed by atoms with van der Waals surface area (Å²) < 4.78 is 1.30. The molecule has 0 aliphatic rings. The summed E-state index contributed by atoms with van der Waals surface area (Å²) in [6.45, 7) is 0. The molecule has 2 nitrogen and oxygen atoms in total. The zero-order chi connectivity index (χ0) is 35.4. The quantitative estimate of drug-likeness (QED) is 0.148. The fraction of sp³-hybridized carbons (Fsp3) is 0. The smallest absolute Gasteiger partial charge is 0.0468 e.